The summed E-state index contributed by atoms with van der Waals surface area (Å²) in [6.07, 6.45) is 8.79. The normalized spacial score (nSPS) is 19.5. The summed E-state index contributed by atoms with van der Waals surface area (Å²) in [5.41, 5.74) is 12.1. The van der Waals surface area contributed by atoms with Gasteiger partial charge in [-0.15, -0.1) is 0 Å². The van der Waals surface area contributed by atoms with E-state index in [0.29, 0.717) is 58.1 Å². The largest absolute Gasteiger partial charge is 0.391 e. The van der Waals surface area contributed by atoms with E-state index in [-0.39, 0.29) is 54.0 Å². The van der Waals surface area contributed by atoms with Crippen molar-refractivity contribution < 1.29 is 32.7 Å². The number of carbonyl (C=O) groups is 1. The fraction of sp³-hybridized carbons (Fsp3) is 0.372. The molecule has 8 heterocycles. The van der Waals surface area contributed by atoms with Gasteiger partial charge in [0.25, 0.3) is 5.91 Å². The number of nitrogens with zero attached hydrogens (tertiary/aromatic N) is 10. The maximum absolute atomic E-state index is 16.6. The Hall–Kier alpha value is -6.60. The minimum Gasteiger partial charge on any atom is -0.378 e. The Morgan fingerprint density at radius 3 is 2.33 bits per heavy atom. The summed E-state index contributed by atoms with van der Waals surface area (Å²) < 4.78 is 51.5. The van der Waals surface area contributed by atoms with Crippen LogP contribution in [0.25, 0.3) is 44.3 Å². The van der Waals surface area contributed by atoms with Gasteiger partial charge in [0, 0.05) is 79.9 Å². The van der Waals surface area contributed by atoms with Crippen LogP contribution in [-0.2, 0) is 4.79 Å². The number of likely N-dealkylation sites (tertiary alicyclic amines) is 2. The molecule has 0 aliphatic carbocycles. The van der Waals surface area contributed by atoms with Crippen molar-refractivity contribution in [2.75, 3.05) is 44.8 Å². The number of alkyl halides is 1. The second-order valence-corrected chi connectivity index (χ2v) is 16.2. The van der Waals surface area contributed by atoms with Gasteiger partial charge in [0.15, 0.2) is 17.3 Å². The molecule has 2 aliphatic heterocycles. The molecule has 0 saturated carbocycles. The lowest BCUT2D eigenvalue weighted by Crippen LogP contribution is -2.49. The number of hydrogen-bond acceptors (Lipinski definition) is 11. The van der Waals surface area contributed by atoms with Crippen LogP contribution in [0.2, 0.25) is 0 Å². The van der Waals surface area contributed by atoms with E-state index < -0.39 is 41.6 Å². The summed E-state index contributed by atoms with van der Waals surface area (Å²) in [5.74, 6) is 9.11. The van der Waals surface area contributed by atoms with Gasteiger partial charge < -0.3 is 30.0 Å². The minimum absolute atomic E-state index is 0.00470. The van der Waals surface area contributed by atoms with Crippen LogP contribution in [0.1, 0.15) is 70.2 Å². The first-order valence-corrected chi connectivity index (χ1v) is 19.7. The Balaban J connectivity index is 1.18. The van der Waals surface area contributed by atoms with Gasteiger partial charge in [-0.05, 0) is 51.7 Å². The second-order valence-electron chi connectivity index (χ2n) is 16.2. The predicted molar refractivity (Wildman–Crippen MR) is 221 cm³/mol. The standard InChI is InChI=1S/C43H43F3N12O3/c1-24(2)56-21-30(28-15-26(49-18-34(28)56)7-9-43(61)10-12-54(5)39(43)59)38-33(46)23-58(41(48)53-38)36-16-27(20-55(36)13-11-44)57-22-31(37-32(45)17-51-40(47)52-37)29-14-25(50-19-35(29)57)6-8-42(3,4)60/h14-15,17-19,21-24,27,36,48,60-61H,10-13,16,20H2,1-5H3,(H2,47,51,52)/p+1. The summed E-state index contributed by atoms with van der Waals surface area (Å²) in [7, 11) is 1.60. The lowest BCUT2D eigenvalue weighted by molar-refractivity contribution is -0.731. The molecular formula is C43H44F3N12O3+. The van der Waals surface area contributed by atoms with E-state index in [2.05, 4.69) is 48.6 Å². The number of rotatable bonds is 7. The van der Waals surface area contributed by atoms with Crippen LogP contribution in [0.5, 0.6) is 0 Å². The van der Waals surface area contributed by atoms with Gasteiger partial charge in [0.2, 0.25) is 11.5 Å². The van der Waals surface area contributed by atoms with Crippen LogP contribution in [0.3, 0.4) is 0 Å². The maximum Gasteiger partial charge on any atom is 0.391 e. The van der Waals surface area contributed by atoms with Crippen LogP contribution in [0.15, 0.2) is 49.3 Å². The van der Waals surface area contributed by atoms with Crippen LogP contribution >= 0.6 is 0 Å². The van der Waals surface area contributed by atoms with E-state index in [4.69, 9.17) is 11.5 Å². The Labute approximate surface area is 348 Å². The zero-order valence-electron chi connectivity index (χ0n) is 34.2. The van der Waals surface area contributed by atoms with Crippen molar-refractivity contribution in [2.45, 2.75) is 70.0 Å². The number of carbonyl (C=O) groups excluding carboxylic acids is 1. The SMILES string of the molecule is CC(C)n1cc(-c2nc(N)[n+](C3CC(n4cc(-c5nc(N)ncc5F)c5cc(C#CC(C)(C)O)ncc54)CN3CCF)cc2F)c2cc(C#CC3(O)CCN(C)C3=O)ncc21. The van der Waals surface area contributed by atoms with E-state index in [1.807, 2.05) is 27.9 Å². The summed E-state index contributed by atoms with van der Waals surface area (Å²) in [4.78, 5) is 37.3. The molecule has 1 amide bonds. The molecule has 3 atom stereocenters. The van der Waals surface area contributed by atoms with Crippen molar-refractivity contribution in [2.24, 2.45) is 0 Å². The third-order valence-corrected chi connectivity index (χ3v) is 11.1. The molecule has 6 aromatic heterocycles. The van der Waals surface area contributed by atoms with Gasteiger partial charge >= 0.3 is 5.95 Å². The van der Waals surface area contributed by atoms with E-state index in [1.165, 1.54) is 15.7 Å². The predicted octanol–water partition coefficient (Wildman–Crippen LogP) is 3.70. The van der Waals surface area contributed by atoms with Crippen LogP contribution < -0.4 is 16.0 Å². The van der Waals surface area contributed by atoms with E-state index in [1.54, 1.807) is 57.8 Å². The maximum atomic E-state index is 16.6. The molecule has 61 heavy (non-hydrogen) atoms. The number of nitrogens with two attached hydrogens (primary N) is 2. The number of hydrogen-bond donors (Lipinski definition) is 4. The number of aliphatic hydroxyl groups is 2. The first kappa shape index (κ1) is 41.1. The number of anilines is 2. The second kappa shape index (κ2) is 15.5. The molecule has 18 heteroatoms. The van der Waals surface area contributed by atoms with Gasteiger partial charge in [-0.3, -0.25) is 15.4 Å². The molecule has 0 spiro atoms. The zero-order valence-corrected chi connectivity index (χ0v) is 34.2. The Morgan fingerprint density at radius 1 is 0.984 bits per heavy atom. The Bertz CT molecular complexity index is 2870. The van der Waals surface area contributed by atoms with Crippen LogP contribution in [0.4, 0.5) is 25.1 Å². The number of fused-ring (bicyclic) bond motifs is 2. The van der Waals surface area contributed by atoms with Crippen molar-refractivity contribution in [3.05, 3.63) is 72.3 Å². The zero-order chi connectivity index (χ0) is 43.5. The van der Waals surface area contributed by atoms with Crippen molar-refractivity contribution in [3.8, 4) is 46.2 Å². The topological polar surface area (TPSA) is 194 Å². The van der Waals surface area contributed by atoms with Crippen molar-refractivity contribution in [3.63, 3.8) is 0 Å². The number of nitrogen functional groups attached to an aromatic ring is 2. The Morgan fingerprint density at radius 2 is 1.66 bits per heavy atom. The summed E-state index contributed by atoms with van der Waals surface area (Å²) in [5, 5.41) is 22.2. The Kier molecular flexibility index (Phi) is 10.4. The molecule has 8 rings (SSSR count). The first-order valence-electron chi connectivity index (χ1n) is 19.7. The third kappa shape index (κ3) is 7.70. The molecule has 6 aromatic rings. The third-order valence-electron chi connectivity index (χ3n) is 11.1. The van der Waals surface area contributed by atoms with Gasteiger partial charge in [0.05, 0.1) is 35.7 Å². The van der Waals surface area contributed by atoms with E-state index >= 15 is 8.78 Å². The monoisotopic (exact) mass is 833 g/mol. The van der Waals surface area contributed by atoms with Gasteiger partial charge in [-0.1, -0.05) is 16.8 Å². The molecule has 3 unspecified atom stereocenters. The quantitative estimate of drug-likeness (QED) is 0.135. The first-order chi connectivity index (χ1) is 28.9. The number of halogens is 3. The van der Waals surface area contributed by atoms with Gasteiger partial charge in [0.1, 0.15) is 41.7 Å². The minimum atomic E-state index is -1.82. The van der Waals surface area contributed by atoms with Crippen LogP contribution in [-0.4, -0.2) is 105 Å². The molecule has 6 N–H and O–H groups in total. The summed E-state index contributed by atoms with van der Waals surface area (Å²) >= 11 is 0. The number of pyridine rings is 2. The molecule has 0 radical (unpaired) electrons. The van der Waals surface area contributed by atoms with E-state index in [9.17, 15) is 19.4 Å². The lowest BCUT2D eigenvalue weighted by atomic mass is 10.0. The average Bonchev–Trinajstić information content (AvgIpc) is 3.98. The molecule has 2 aliphatic rings. The molecular weight excluding hydrogens is 790 g/mol. The highest BCUT2D eigenvalue weighted by Gasteiger charge is 2.43. The smallest absolute Gasteiger partial charge is 0.378 e. The fourth-order valence-corrected chi connectivity index (χ4v) is 8.06. The van der Waals surface area contributed by atoms with Crippen molar-refractivity contribution in [1.29, 1.82) is 0 Å². The summed E-state index contributed by atoms with van der Waals surface area (Å²) in [6, 6.07) is 2.93. The lowest BCUT2D eigenvalue weighted by Gasteiger charge is -2.22. The van der Waals surface area contributed by atoms with Crippen molar-refractivity contribution >= 4 is 39.6 Å². The average molecular weight is 834 g/mol. The fourth-order valence-electron chi connectivity index (χ4n) is 8.06. The molecule has 314 valence electrons. The highest BCUT2D eigenvalue weighted by atomic mass is 19.1. The summed E-state index contributed by atoms with van der Waals surface area (Å²) in [6.45, 7) is 7.02. The molecule has 2 saturated heterocycles. The molecule has 15 nitrogen and oxygen atoms in total. The van der Waals surface area contributed by atoms with Gasteiger partial charge in [-0.2, -0.15) is 4.39 Å². The molecule has 0 bridgehead atoms. The molecule has 2 fully saturated rings. The van der Waals surface area contributed by atoms with E-state index in [0.717, 1.165) is 6.20 Å². The highest BCUT2D eigenvalue weighted by Crippen LogP contribution is 2.40. The highest BCUT2D eigenvalue weighted by molar-refractivity contribution is 5.97. The molecule has 0 aromatic carbocycles. The number of aromatic nitrogens is 8. The van der Waals surface area contributed by atoms with Crippen LogP contribution in [0, 0.1) is 35.3 Å². The van der Waals surface area contributed by atoms with Crippen molar-refractivity contribution in [1.82, 2.24) is 43.9 Å². The number of likely N-dealkylation sites (N-methyl/N-ethyl adjacent to an activating group) is 1. The number of amides is 1. The van der Waals surface area contributed by atoms with Gasteiger partial charge in [-0.25, -0.2) is 33.3 Å².